The third kappa shape index (κ3) is 4.64. The van der Waals surface area contributed by atoms with Crippen LogP contribution >= 0.6 is 0 Å². The maximum Gasteiger partial charge on any atom is 0.338 e. The summed E-state index contributed by atoms with van der Waals surface area (Å²) < 4.78 is 22.2. The summed E-state index contributed by atoms with van der Waals surface area (Å²) in [6.45, 7) is 3.87. The first-order valence-corrected chi connectivity index (χ1v) is 9.80. The van der Waals surface area contributed by atoms with E-state index < -0.39 is 11.9 Å². The summed E-state index contributed by atoms with van der Waals surface area (Å²) in [5.41, 5.74) is 7.85. The van der Waals surface area contributed by atoms with Gasteiger partial charge in [0, 0.05) is 5.56 Å². The first kappa shape index (κ1) is 21.8. The summed E-state index contributed by atoms with van der Waals surface area (Å²) in [7, 11) is 1.52. The molecule has 2 aromatic carbocycles. The second kappa shape index (κ2) is 9.72. The number of benzene rings is 2. The molecule has 31 heavy (non-hydrogen) atoms. The summed E-state index contributed by atoms with van der Waals surface area (Å²) in [5.74, 6) is -0.138. The van der Waals surface area contributed by atoms with Crippen LogP contribution < -0.4 is 15.2 Å². The third-order valence-electron chi connectivity index (χ3n) is 4.86. The highest BCUT2D eigenvalue weighted by atomic mass is 16.5. The van der Waals surface area contributed by atoms with E-state index in [-0.39, 0.29) is 29.4 Å². The summed E-state index contributed by atoms with van der Waals surface area (Å²) >= 11 is 0. The van der Waals surface area contributed by atoms with Gasteiger partial charge < -0.3 is 24.7 Å². The molecular weight excluding hydrogens is 396 g/mol. The van der Waals surface area contributed by atoms with E-state index in [0.29, 0.717) is 23.7 Å². The van der Waals surface area contributed by atoms with Gasteiger partial charge in [-0.25, -0.2) is 4.79 Å². The number of nitrogens with two attached hydrogens (primary N) is 1. The van der Waals surface area contributed by atoms with Crippen molar-refractivity contribution in [1.82, 2.24) is 0 Å². The first-order chi connectivity index (χ1) is 15.0. The molecule has 1 aliphatic rings. The largest absolute Gasteiger partial charge is 0.496 e. The zero-order chi connectivity index (χ0) is 22.4. The lowest BCUT2D eigenvalue weighted by Crippen LogP contribution is -2.26. The molecule has 2 aromatic rings. The Morgan fingerprint density at radius 3 is 2.61 bits per heavy atom. The Morgan fingerprint density at radius 1 is 1.23 bits per heavy atom. The fraction of sp³-hybridized carbons (Fsp3) is 0.250. The molecule has 0 fully saturated rings. The lowest BCUT2D eigenvalue weighted by molar-refractivity contribution is -0.139. The highest BCUT2D eigenvalue weighted by Crippen LogP contribution is 2.44. The lowest BCUT2D eigenvalue weighted by atomic mass is 9.82. The molecule has 7 heteroatoms. The van der Waals surface area contributed by atoms with Gasteiger partial charge in [0.1, 0.15) is 35.5 Å². The second-order valence-corrected chi connectivity index (χ2v) is 6.79. The zero-order valence-corrected chi connectivity index (χ0v) is 17.7. The summed E-state index contributed by atoms with van der Waals surface area (Å²) in [6, 6.07) is 17.0. The Hall–Kier alpha value is -3.92. The van der Waals surface area contributed by atoms with E-state index >= 15 is 0 Å². The molecule has 0 bridgehead atoms. The van der Waals surface area contributed by atoms with E-state index in [2.05, 4.69) is 6.07 Å². The van der Waals surface area contributed by atoms with Crippen molar-refractivity contribution in [2.45, 2.75) is 26.4 Å². The van der Waals surface area contributed by atoms with Crippen LogP contribution in [0.25, 0.3) is 0 Å². The van der Waals surface area contributed by atoms with Crippen molar-refractivity contribution in [2.24, 2.45) is 5.73 Å². The van der Waals surface area contributed by atoms with Gasteiger partial charge in [0.05, 0.1) is 25.2 Å². The smallest absolute Gasteiger partial charge is 0.338 e. The highest BCUT2D eigenvalue weighted by Gasteiger charge is 2.38. The first-order valence-electron chi connectivity index (χ1n) is 9.80. The number of nitrogens with zero attached hydrogens (tertiary/aromatic N) is 1. The van der Waals surface area contributed by atoms with Crippen LogP contribution in [0.2, 0.25) is 0 Å². The van der Waals surface area contributed by atoms with Gasteiger partial charge in [-0.2, -0.15) is 5.26 Å². The molecule has 0 amide bonds. The van der Waals surface area contributed by atoms with Gasteiger partial charge >= 0.3 is 5.97 Å². The summed E-state index contributed by atoms with van der Waals surface area (Å²) in [5, 5.41) is 9.78. The molecule has 0 saturated carbocycles. The van der Waals surface area contributed by atoms with Crippen molar-refractivity contribution in [1.29, 1.82) is 5.26 Å². The maximum absolute atomic E-state index is 12.8. The predicted octanol–water partition coefficient (Wildman–Crippen LogP) is 3.92. The monoisotopic (exact) mass is 420 g/mol. The average molecular weight is 420 g/mol. The van der Waals surface area contributed by atoms with Gasteiger partial charge in [-0.1, -0.05) is 30.3 Å². The quantitative estimate of drug-likeness (QED) is 0.677. The minimum absolute atomic E-state index is 0.0595. The minimum atomic E-state index is -0.812. The number of allylic oxidation sites excluding steroid dienone is 2. The Labute approximate surface area is 181 Å². The number of methoxy groups -OCH3 is 1. The maximum atomic E-state index is 12.8. The van der Waals surface area contributed by atoms with E-state index in [4.69, 9.17) is 24.7 Å². The van der Waals surface area contributed by atoms with Crippen LogP contribution in [-0.4, -0.2) is 19.7 Å². The molecule has 1 atom stereocenters. The van der Waals surface area contributed by atoms with E-state index in [0.717, 1.165) is 5.56 Å². The van der Waals surface area contributed by atoms with Crippen LogP contribution in [0.5, 0.6) is 11.5 Å². The Bertz CT molecular complexity index is 1070. The number of nitriles is 1. The van der Waals surface area contributed by atoms with Crippen molar-refractivity contribution in [3.05, 3.63) is 82.4 Å². The molecule has 160 valence electrons. The number of carbonyl (C=O) groups excluding carboxylic acids is 1. The number of hydrogen-bond acceptors (Lipinski definition) is 7. The fourth-order valence-corrected chi connectivity index (χ4v) is 3.43. The van der Waals surface area contributed by atoms with Crippen molar-refractivity contribution in [3.63, 3.8) is 0 Å². The lowest BCUT2D eigenvalue weighted by Gasteiger charge is -2.28. The predicted molar refractivity (Wildman–Crippen MR) is 114 cm³/mol. The minimum Gasteiger partial charge on any atom is -0.496 e. The molecular formula is C24H24N2O5. The number of carbonyl (C=O) groups is 1. The topological polar surface area (TPSA) is 104 Å². The van der Waals surface area contributed by atoms with Gasteiger partial charge in [-0.05, 0) is 37.6 Å². The van der Waals surface area contributed by atoms with Crippen molar-refractivity contribution in [2.75, 3.05) is 13.7 Å². The normalized spacial score (nSPS) is 15.7. The van der Waals surface area contributed by atoms with Gasteiger partial charge in [0.25, 0.3) is 0 Å². The molecule has 1 aliphatic heterocycles. The molecule has 1 heterocycles. The van der Waals surface area contributed by atoms with Crippen LogP contribution in [0.3, 0.4) is 0 Å². The van der Waals surface area contributed by atoms with E-state index in [1.807, 2.05) is 30.3 Å². The van der Waals surface area contributed by atoms with Crippen LogP contribution in [0, 0.1) is 11.3 Å². The van der Waals surface area contributed by atoms with Crippen LogP contribution in [0.15, 0.2) is 71.3 Å². The van der Waals surface area contributed by atoms with Crippen molar-refractivity contribution >= 4 is 5.97 Å². The van der Waals surface area contributed by atoms with E-state index in [1.54, 1.807) is 32.0 Å². The SMILES string of the molecule is CCOC(=O)C1=C(C)OC(N)=C(C#N)C1c1cc(OCc2ccccc2)ccc1OC. The van der Waals surface area contributed by atoms with Gasteiger partial charge in [-0.15, -0.1) is 0 Å². The molecule has 0 aliphatic carbocycles. The molecule has 2 N–H and O–H groups in total. The summed E-state index contributed by atoms with van der Waals surface area (Å²) in [6.07, 6.45) is 0. The molecule has 7 nitrogen and oxygen atoms in total. The van der Waals surface area contributed by atoms with Crippen molar-refractivity contribution in [3.8, 4) is 17.6 Å². The number of esters is 1. The van der Waals surface area contributed by atoms with Crippen molar-refractivity contribution < 1.29 is 23.7 Å². The van der Waals surface area contributed by atoms with Gasteiger partial charge in [0.2, 0.25) is 5.88 Å². The molecule has 3 rings (SSSR count). The van der Waals surface area contributed by atoms with Gasteiger partial charge in [0.15, 0.2) is 0 Å². The van der Waals surface area contributed by atoms with Crippen LogP contribution in [-0.2, 0) is 20.9 Å². The fourth-order valence-electron chi connectivity index (χ4n) is 3.43. The average Bonchev–Trinajstić information content (AvgIpc) is 2.77. The Morgan fingerprint density at radius 2 is 1.97 bits per heavy atom. The summed E-state index contributed by atoms with van der Waals surface area (Å²) in [4.78, 5) is 12.8. The highest BCUT2D eigenvalue weighted by molar-refractivity contribution is 5.92. The number of hydrogen-bond donors (Lipinski definition) is 1. The second-order valence-electron chi connectivity index (χ2n) is 6.79. The Balaban J connectivity index is 2.06. The molecule has 0 aromatic heterocycles. The molecule has 0 radical (unpaired) electrons. The van der Waals surface area contributed by atoms with E-state index in [9.17, 15) is 10.1 Å². The molecule has 1 unspecified atom stereocenters. The number of ether oxygens (including phenoxy) is 4. The Kier molecular flexibility index (Phi) is 6.83. The molecule has 0 spiro atoms. The zero-order valence-electron chi connectivity index (χ0n) is 17.7. The van der Waals surface area contributed by atoms with E-state index in [1.165, 1.54) is 7.11 Å². The van der Waals surface area contributed by atoms with Crippen LogP contribution in [0.4, 0.5) is 0 Å². The van der Waals surface area contributed by atoms with Gasteiger partial charge in [-0.3, -0.25) is 0 Å². The third-order valence-corrected chi connectivity index (χ3v) is 4.86. The van der Waals surface area contributed by atoms with Crippen LogP contribution in [0.1, 0.15) is 30.9 Å². The standard InChI is InChI=1S/C24H24N2O5/c1-4-29-24(27)21-15(2)31-23(26)19(13-25)22(21)18-12-17(10-11-20(18)28-3)30-14-16-8-6-5-7-9-16/h5-12,22H,4,14,26H2,1-3H3. The molecule has 0 saturated heterocycles. The number of rotatable bonds is 7.